The second-order valence-corrected chi connectivity index (χ2v) is 9.94. The highest BCUT2D eigenvalue weighted by Crippen LogP contribution is 2.60. The zero-order valence-corrected chi connectivity index (χ0v) is 17.3. The number of nitrogens with one attached hydrogen (secondary N) is 1. The summed E-state index contributed by atoms with van der Waals surface area (Å²) >= 11 is 1.25. The third-order valence-corrected chi connectivity index (χ3v) is 7.62. The molecular weight excluding hydrogens is 386 g/mol. The Hall–Kier alpha value is -2.15. The molecule has 1 N–H and O–H groups in total. The Kier molecular flexibility index (Phi) is 4.73. The number of carbonyl (C=O) groups excluding carboxylic acids is 2. The number of amides is 1. The molecule has 152 valence electrons. The molecule has 7 heteroatoms. The Labute approximate surface area is 174 Å². The molecule has 1 aromatic heterocycles. The van der Waals surface area contributed by atoms with Gasteiger partial charge in [0, 0.05) is 11.0 Å². The molecule has 0 saturated heterocycles. The number of aromatic nitrogens is 2. The maximum absolute atomic E-state index is 12.4. The van der Waals surface area contributed by atoms with Crippen LogP contribution in [0.2, 0.25) is 0 Å². The zero-order chi connectivity index (χ0) is 20.0. The Morgan fingerprint density at radius 3 is 2.41 bits per heavy atom. The molecule has 1 aromatic carbocycles. The Morgan fingerprint density at radius 1 is 1.10 bits per heavy atom. The molecule has 4 bridgehead atoms. The number of carbonyl (C=O) groups is 2. The molecule has 1 amide bonds. The van der Waals surface area contributed by atoms with Crippen LogP contribution >= 0.6 is 11.8 Å². The van der Waals surface area contributed by atoms with Gasteiger partial charge in [0.05, 0.1) is 11.4 Å². The van der Waals surface area contributed by atoms with Gasteiger partial charge >= 0.3 is 0 Å². The summed E-state index contributed by atoms with van der Waals surface area (Å²) in [7, 11) is 0. The highest BCUT2D eigenvalue weighted by atomic mass is 32.2. The second kappa shape index (κ2) is 7.27. The fourth-order valence-corrected chi connectivity index (χ4v) is 6.63. The minimum absolute atomic E-state index is 0.0727. The molecule has 4 fully saturated rings. The number of ketones is 1. The third-order valence-electron chi connectivity index (χ3n) is 6.81. The van der Waals surface area contributed by atoms with Crippen LogP contribution in [0.5, 0.6) is 0 Å². The smallest absolute Gasteiger partial charge is 0.277 e. The molecule has 0 unspecified atom stereocenters. The van der Waals surface area contributed by atoms with Crippen molar-refractivity contribution in [3.05, 3.63) is 35.7 Å². The molecule has 0 radical (unpaired) electrons. The van der Waals surface area contributed by atoms with E-state index in [1.54, 1.807) is 24.3 Å². The molecule has 0 atom stereocenters. The van der Waals surface area contributed by atoms with E-state index in [0.29, 0.717) is 16.5 Å². The van der Waals surface area contributed by atoms with Gasteiger partial charge in [0.25, 0.3) is 5.22 Å². The normalized spacial score (nSPS) is 29.8. The van der Waals surface area contributed by atoms with E-state index in [1.807, 2.05) is 0 Å². The summed E-state index contributed by atoms with van der Waals surface area (Å²) in [5.41, 5.74) is 1.11. The van der Waals surface area contributed by atoms with Gasteiger partial charge in [-0.1, -0.05) is 23.9 Å². The van der Waals surface area contributed by atoms with Gasteiger partial charge in [0.1, 0.15) is 0 Å². The fourth-order valence-electron chi connectivity index (χ4n) is 6.07. The number of thioether (sulfide) groups is 1. The first kappa shape index (κ1) is 18.9. The fraction of sp³-hybridized carbons (Fsp3) is 0.545. The largest absolute Gasteiger partial charge is 0.415 e. The lowest BCUT2D eigenvalue weighted by molar-refractivity contribution is -0.113. The van der Waals surface area contributed by atoms with Crippen molar-refractivity contribution in [2.24, 2.45) is 17.8 Å². The van der Waals surface area contributed by atoms with E-state index < -0.39 is 0 Å². The van der Waals surface area contributed by atoms with Gasteiger partial charge in [-0.2, -0.15) is 0 Å². The van der Waals surface area contributed by atoms with Crippen LogP contribution in [0.25, 0.3) is 0 Å². The van der Waals surface area contributed by atoms with Crippen molar-refractivity contribution in [1.29, 1.82) is 0 Å². The highest BCUT2D eigenvalue weighted by Gasteiger charge is 2.54. The molecule has 2 aromatic rings. The number of Topliss-reactive ketones (excluding diaryl/α,β-unsaturated/α-hetero) is 1. The minimum atomic E-state index is -0.196. The number of nitrogens with zero attached hydrogens (tertiary/aromatic N) is 2. The van der Waals surface area contributed by atoms with Crippen molar-refractivity contribution in [1.82, 2.24) is 10.2 Å². The quantitative estimate of drug-likeness (QED) is 0.558. The molecule has 4 aliphatic carbocycles. The molecule has 6 rings (SSSR count). The Balaban J connectivity index is 1.23. The Bertz CT molecular complexity index is 919. The summed E-state index contributed by atoms with van der Waals surface area (Å²) in [6.45, 7) is 1.49. The van der Waals surface area contributed by atoms with Crippen molar-refractivity contribution < 1.29 is 14.0 Å². The maximum atomic E-state index is 12.4. The highest BCUT2D eigenvalue weighted by molar-refractivity contribution is 7.99. The van der Waals surface area contributed by atoms with Gasteiger partial charge in [0.2, 0.25) is 11.8 Å². The molecule has 0 aliphatic heterocycles. The minimum Gasteiger partial charge on any atom is -0.415 e. The maximum Gasteiger partial charge on any atom is 0.277 e. The lowest BCUT2D eigenvalue weighted by Crippen LogP contribution is -2.48. The van der Waals surface area contributed by atoms with Crippen LogP contribution in [0.3, 0.4) is 0 Å². The summed E-state index contributed by atoms with van der Waals surface area (Å²) in [6, 6.07) is 7.02. The van der Waals surface area contributed by atoms with Crippen LogP contribution < -0.4 is 5.32 Å². The van der Waals surface area contributed by atoms with Crippen LogP contribution in [-0.4, -0.2) is 27.6 Å². The van der Waals surface area contributed by atoms with Crippen LogP contribution in [-0.2, 0) is 10.2 Å². The van der Waals surface area contributed by atoms with E-state index in [2.05, 4.69) is 15.5 Å². The number of para-hydroxylation sites is 1. The SMILES string of the molecule is CC(=O)c1ccccc1NC(=O)CSc1nnc(C23CC4CC(CC(C4)C2)C3)o1. The number of anilines is 1. The Morgan fingerprint density at radius 2 is 1.76 bits per heavy atom. The lowest BCUT2D eigenvalue weighted by atomic mass is 9.49. The van der Waals surface area contributed by atoms with E-state index in [0.717, 1.165) is 23.6 Å². The van der Waals surface area contributed by atoms with Crippen LogP contribution in [0.1, 0.15) is 61.7 Å². The number of benzene rings is 1. The van der Waals surface area contributed by atoms with Crippen molar-refractivity contribution in [2.45, 2.75) is 56.1 Å². The molecule has 1 heterocycles. The molecule has 4 aliphatic rings. The van der Waals surface area contributed by atoms with Crippen LogP contribution in [0.4, 0.5) is 5.69 Å². The molecule has 0 spiro atoms. The summed E-state index contributed by atoms with van der Waals surface area (Å²) in [6.07, 6.45) is 7.64. The summed E-state index contributed by atoms with van der Waals surface area (Å²) in [5.74, 6) is 3.11. The first-order valence-electron chi connectivity index (χ1n) is 10.4. The average molecular weight is 412 g/mol. The topological polar surface area (TPSA) is 85.1 Å². The predicted molar refractivity (Wildman–Crippen MR) is 110 cm³/mol. The van der Waals surface area contributed by atoms with Crippen molar-refractivity contribution in [2.75, 3.05) is 11.1 Å². The number of hydrogen-bond donors (Lipinski definition) is 1. The second-order valence-electron chi connectivity index (χ2n) is 9.01. The van der Waals surface area contributed by atoms with E-state index in [9.17, 15) is 9.59 Å². The van der Waals surface area contributed by atoms with Gasteiger partial charge in [-0.3, -0.25) is 9.59 Å². The number of rotatable bonds is 6. The molecular formula is C22H25N3O3S. The van der Waals surface area contributed by atoms with Gasteiger partial charge in [-0.15, -0.1) is 10.2 Å². The third kappa shape index (κ3) is 3.61. The van der Waals surface area contributed by atoms with E-state index in [4.69, 9.17) is 4.42 Å². The van der Waals surface area contributed by atoms with Crippen LogP contribution in [0, 0.1) is 17.8 Å². The first-order chi connectivity index (χ1) is 14.0. The van der Waals surface area contributed by atoms with Crippen molar-refractivity contribution in [3.63, 3.8) is 0 Å². The van der Waals surface area contributed by atoms with E-state index in [-0.39, 0.29) is 22.9 Å². The standard InChI is InChI=1S/C22H25N3O3S/c1-13(26)17-4-2-3-5-18(17)23-19(27)12-29-21-25-24-20(28-21)22-9-14-6-15(10-22)8-16(7-14)11-22/h2-5,14-16H,6-12H2,1H3,(H,23,27). The van der Waals surface area contributed by atoms with Gasteiger partial charge < -0.3 is 9.73 Å². The van der Waals surface area contributed by atoms with Gasteiger partial charge in [-0.25, -0.2) is 0 Å². The van der Waals surface area contributed by atoms with E-state index >= 15 is 0 Å². The van der Waals surface area contributed by atoms with Gasteiger partial charge in [-0.05, 0) is 75.3 Å². The zero-order valence-electron chi connectivity index (χ0n) is 16.5. The summed E-state index contributed by atoms with van der Waals surface area (Å²) in [4.78, 5) is 24.1. The van der Waals surface area contributed by atoms with Crippen molar-refractivity contribution >= 4 is 29.1 Å². The average Bonchev–Trinajstić information content (AvgIpc) is 3.16. The molecule has 29 heavy (non-hydrogen) atoms. The van der Waals surface area contributed by atoms with E-state index in [1.165, 1.54) is 57.2 Å². The predicted octanol–water partition coefficient (Wildman–Crippen LogP) is 4.47. The summed E-state index contributed by atoms with van der Waals surface area (Å²) < 4.78 is 6.04. The molecule has 6 nitrogen and oxygen atoms in total. The molecule has 4 saturated carbocycles. The monoisotopic (exact) mass is 411 g/mol. The lowest BCUT2D eigenvalue weighted by Gasteiger charge is -2.55. The van der Waals surface area contributed by atoms with Crippen molar-refractivity contribution in [3.8, 4) is 0 Å². The summed E-state index contributed by atoms with van der Waals surface area (Å²) in [5, 5.41) is 11.9. The first-order valence-corrected chi connectivity index (χ1v) is 11.4. The van der Waals surface area contributed by atoms with Gasteiger partial charge in [0.15, 0.2) is 5.78 Å². The van der Waals surface area contributed by atoms with Crippen LogP contribution in [0.15, 0.2) is 33.9 Å². The number of hydrogen-bond acceptors (Lipinski definition) is 6.